The Labute approximate surface area is 128 Å². The van der Waals surface area contributed by atoms with Gasteiger partial charge in [-0.3, -0.25) is 0 Å². The molecule has 0 spiro atoms. The van der Waals surface area contributed by atoms with Gasteiger partial charge in [0.1, 0.15) is 6.33 Å². The van der Waals surface area contributed by atoms with Crippen LogP contribution in [0.25, 0.3) is 10.9 Å². The zero-order valence-electron chi connectivity index (χ0n) is 11.8. The van der Waals surface area contributed by atoms with Crippen molar-refractivity contribution in [2.45, 2.75) is 12.5 Å². The molecule has 4 nitrogen and oxygen atoms in total. The van der Waals surface area contributed by atoms with E-state index in [4.69, 9.17) is 11.6 Å². The first-order valence-corrected chi connectivity index (χ1v) is 7.33. The normalized spacial score (nSPS) is 12.7. The molecule has 0 amide bonds. The topological polar surface area (TPSA) is 42.7 Å². The highest BCUT2D eigenvalue weighted by atomic mass is 35.5. The lowest BCUT2D eigenvalue weighted by molar-refractivity contribution is 0.536. The quantitative estimate of drug-likeness (QED) is 0.786. The Morgan fingerprint density at radius 2 is 2.05 bits per heavy atom. The van der Waals surface area contributed by atoms with Crippen molar-refractivity contribution in [3.8, 4) is 0 Å². The van der Waals surface area contributed by atoms with Crippen molar-refractivity contribution >= 4 is 22.5 Å². The van der Waals surface area contributed by atoms with Crippen LogP contribution in [0.2, 0.25) is 5.02 Å². The number of fused-ring (bicyclic) bond motifs is 1. The van der Waals surface area contributed by atoms with Crippen LogP contribution in [0.1, 0.15) is 18.0 Å². The molecule has 1 unspecified atom stereocenters. The SMILES string of the molecule is CNCCC(c1cncnc1)n1ccc2c(Cl)cccc21. The first kappa shape index (κ1) is 14.0. The molecule has 1 aromatic carbocycles. The minimum absolute atomic E-state index is 0.189. The van der Waals surface area contributed by atoms with Gasteiger partial charge in [-0.1, -0.05) is 17.7 Å². The third kappa shape index (κ3) is 2.77. The smallest absolute Gasteiger partial charge is 0.115 e. The summed E-state index contributed by atoms with van der Waals surface area (Å²) in [4.78, 5) is 8.30. The van der Waals surface area contributed by atoms with Gasteiger partial charge in [0.25, 0.3) is 0 Å². The van der Waals surface area contributed by atoms with E-state index in [0.29, 0.717) is 0 Å². The van der Waals surface area contributed by atoms with Crippen molar-refractivity contribution in [2.75, 3.05) is 13.6 Å². The molecule has 0 aliphatic heterocycles. The molecule has 3 rings (SSSR count). The molecule has 1 N–H and O–H groups in total. The van der Waals surface area contributed by atoms with Crippen molar-refractivity contribution < 1.29 is 0 Å². The number of aromatic nitrogens is 3. The molecule has 0 fully saturated rings. The highest BCUT2D eigenvalue weighted by molar-refractivity contribution is 6.35. The number of nitrogens with zero attached hydrogens (tertiary/aromatic N) is 3. The molecule has 0 saturated carbocycles. The van der Waals surface area contributed by atoms with E-state index in [1.54, 1.807) is 6.33 Å². The van der Waals surface area contributed by atoms with E-state index >= 15 is 0 Å². The summed E-state index contributed by atoms with van der Waals surface area (Å²) in [5.74, 6) is 0. The number of hydrogen-bond donors (Lipinski definition) is 1. The maximum Gasteiger partial charge on any atom is 0.115 e. The van der Waals surface area contributed by atoms with Crippen LogP contribution < -0.4 is 5.32 Å². The molecule has 0 bridgehead atoms. The maximum atomic E-state index is 6.28. The summed E-state index contributed by atoms with van der Waals surface area (Å²) < 4.78 is 2.25. The molecule has 2 heterocycles. The van der Waals surface area contributed by atoms with Crippen molar-refractivity contribution in [3.63, 3.8) is 0 Å². The van der Waals surface area contributed by atoms with Gasteiger partial charge in [-0.05, 0) is 38.2 Å². The van der Waals surface area contributed by atoms with Crippen molar-refractivity contribution in [3.05, 3.63) is 59.8 Å². The molecule has 0 radical (unpaired) electrons. The second-order valence-electron chi connectivity index (χ2n) is 4.98. The molecule has 3 aromatic rings. The lowest BCUT2D eigenvalue weighted by Crippen LogP contribution is -2.17. The van der Waals surface area contributed by atoms with Crippen LogP contribution >= 0.6 is 11.6 Å². The Bertz CT molecular complexity index is 723. The first-order valence-electron chi connectivity index (χ1n) is 6.96. The summed E-state index contributed by atoms with van der Waals surface area (Å²) >= 11 is 6.28. The van der Waals surface area contributed by atoms with Crippen LogP contribution in [0.15, 0.2) is 49.2 Å². The molecule has 0 aliphatic rings. The second-order valence-corrected chi connectivity index (χ2v) is 5.38. The van der Waals surface area contributed by atoms with Crippen LogP contribution in [-0.2, 0) is 0 Å². The van der Waals surface area contributed by atoms with Gasteiger partial charge in [0.2, 0.25) is 0 Å². The fourth-order valence-corrected chi connectivity index (χ4v) is 2.89. The van der Waals surface area contributed by atoms with Gasteiger partial charge in [0.05, 0.1) is 11.6 Å². The summed E-state index contributed by atoms with van der Waals surface area (Å²) in [5.41, 5.74) is 2.23. The average Bonchev–Trinajstić information content (AvgIpc) is 2.94. The third-order valence-corrected chi connectivity index (χ3v) is 4.01. The number of rotatable bonds is 5. The Kier molecular flexibility index (Phi) is 4.18. The van der Waals surface area contributed by atoms with E-state index in [-0.39, 0.29) is 6.04 Å². The third-order valence-electron chi connectivity index (χ3n) is 3.68. The predicted octanol–water partition coefficient (Wildman–Crippen LogP) is 3.28. The molecule has 0 saturated heterocycles. The Morgan fingerprint density at radius 3 is 2.81 bits per heavy atom. The molecule has 1 atom stereocenters. The average molecular weight is 301 g/mol. The van der Waals surface area contributed by atoms with Gasteiger partial charge >= 0.3 is 0 Å². The predicted molar refractivity (Wildman–Crippen MR) is 85.7 cm³/mol. The Balaban J connectivity index is 2.08. The molecule has 0 aliphatic carbocycles. The van der Waals surface area contributed by atoms with E-state index < -0.39 is 0 Å². The van der Waals surface area contributed by atoms with E-state index in [1.807, 2.05) is 31.6 Å². The number of benzene rings is 1. The maximum absolute atomic E-state index is 6.28. The summed E-state index contributed by atoms with van der Waals surface area (Å²) in [7, 11) is 1.96. The van der Waals surface area contributed by atoms with Gasteiger partial charge in [0, 0.05) is 34.6 Å². The zero-order valence-corrected chi connectivity index (χ0v) is 12.6. The van der Waals surface area contributed by atoms with Crippen LogP contribution in [0.5, 0.6) is 0 Å². The zero-order chi connectivity index (χ0) is 14.7. The van der Waals surface area contributed by atoms with Gasteiger partial charge in [-0.2, -0.15) is 0 Å². The number of halogens is 1. The lowest BCUT2D eigenvalue weighted by Gasteiger charge is -2.20. The number of hydrogen-bond acceptors (Lipinski definition) is 3. The van der Waals surface area contributed by atoms with Crippen LogP contribution in [0, 0.1) is 0 Å². The fraction of sp³-hybridized carbons (Fsp3) is 0.250. The van der Waals surface area contributed by atoms with Gasteiger partial charge in [-0.25, -0.2) is 9.97 Å². The summed E-state index contributed by atoms with van der Waals surface area (Å²) in [6, 6.07) is 8.25. The second kappa shape index (κ2) is 6.24. The fourth-order valence-electron chi connectivity index (χ4n) is 2.65. The summed E-state index contributed by atoms with van der Waals surface area (Å²) in [6.07, 6.45) is 8.36. The van der Waals surface area contributed by atoms with Gasteiger partial charge in [-0.15, -0.1) is 0 Å². The molecular formula is C16H17ClN4. The molecule has 21 heavy (non-hydrogen) atoms. The molecule has 2 aromatic heterocycles. The first-order chi connectivity index (χ1) is 10.3. The Hall–Kier alpha value is -1.91. The minimum Gasteiger partial charge on any atom is -0.340 e. The molecule has 5 heteroatoms. The lowest BCUT2D eigenvalue weighted by atomic mass is 10.1. The van der Waals surface area contributed by atoms with Crippen molar-refractivity contribution in [1.29, 1.82) is 0 Å². The van der Waals surface area contributed by atoms with E-state index in [2.05, 4.69) is 38.2 Å². The largest absolute Gasteiger partial charge is 0.340 e. The standard InChI is InChI=1S/C16H17ClN4/c1-18-7-5-15(12-9-19-11-20-10-12)21-8-6-13-14(17)3-2-4-16(13)21/h2-4,6,8-11,15,18H,5,7H2,1H3. The Morgan fingerprint density at radius 1 is 1.24 bits per heavy atom. The molecular weight excluding hydrogens is 284 g/mol. The summed E-state index contributed by atoms with van der Waals surface area (Å²) in [5, 5.41) is 5.06. The van der Waals surface area contributed by atoms with E-state index in [1.165, 1.54) is 0 Å². The highest BCUT2D eigenvalue weighted by Gasteiger charge is 2.16. The summed E-state index contributed by atoms with van der Waals surface area (Å²) in [6.45, 7) is 0.916. The van der Waals surface area contributed by atoms with Crippen molar-refractivity contribution in [1.82, 2.24) is 19.9 Å². The van der Waals surface area contributed by atoms with Crippen LogP contribution in [0.4, 0.5) is 0 Å². The van der Waals surface area contributed by atoms with Crippen LogP contribution in [-0.4, -0.2) is 28.1 Å². The van der Waals surface area contributed by atoms with Gasteiger partial charge < -0.3 is 9.88 Å². The van der Waals surface area contributed by atoms with E-state index in [9.17, 15) is 0 Å². The van der Waals surface area contributed by atoms with Crippen molar-refractivity contribution in [2.24, 2.45) is 0 Å². The number of nitrogens with one attached hydrogen (secondary N) is 1. The monoisotopic (exact) mass is 300 g/mol. The van der Waals surface area contributed by atoms with Gasteiger partial charge in [0.15, 0.2) is 0 Å². The van der Waals surface area contributed by atoms with E-state index in [0.717, 1.165) is 34.5 Å². The van der Waals surface area contributed by atoms with Crippen LogP contribution in [0.3, 0.4) is 0 Å². The highest BCUT2D eigenvalue weighted by Crippen LogP contribution is 2.30. The molecule has 108 valence electrons. The minimum atomic E-state index is 0.189.